The first kappa shape index (κ1) is 32.8. The van der Waals surface area contributed by atoms with E-state index in [9.17, 15) is 19.2 Å². The number of benzene rings is 2. The molecule has 0 bridgehead atoms. The van der Waals surface area contributed by atoms with E-state index in [1.54, 1.807) is 4.90 Å². The molecule has 0 radical (unpaired) electrons. The molecular weight excluding hydrogens is 594 g/mol. The van der Waals surface area contributed by atoms with Crippen molar-refractivity contribution in [1.29, 1.82) is 0 Å². The van der Waals surface area contributed by atoms with Crippen LogP contribution in [0.15, 0.2) is 42.5 Å². The Morgan fingerprint density at radius 2 is 1.53 bits per heavy atom. The number of nitrogens with one attached hydrogen (secondary N) is 3. The predicted octanol–water partition coefficient (Wildman–Crippen LogP) is 4.70. The standard InChI is InChI=1S/C36H49N7O4/c1-25-10-11-26(2)31(22-25)37-35(46)38-32(34(45)42-20-12-28(13-21-42)40-16-6-3-7-17-40)23-33(44)41-18-14-29(15-19-41)43-24-27-8-4-5-9-30(27)39-36(43)47/h4-5,8-11,22,28-29,32H,3,6-7,12-21,23-24H2,1-2H3,(H,39,47)(H2,37,38,46)/t32-/m0/s1. The number of nitrogens with zero attached hydrogens (tertiary/aromatic N) is 4. The Morgan fingerprint density at radius 3 is 2.28 bits per heavy atom. The highest BCUT2D eigenvalue weighted by Gasteiger charge is 2.36. The van der Waals surface area contributed by atoms with E-state index in [2.05, 4.69) is 20.9 Å². The molecule has 47 heavy (non-hydrogen) atoms. The van der Waals surface area contributed by atoms with Crippen molar-refractivity contribution in [1.82, 2.24) is 24.9 Å². The van der Waals surface area contributed by atoms with Gasteiger partial charge in [0.2, 0.25) is 11.8 Å². The van der Waals surface area contributed by atoms with E-state index in [0.717, 1.165) is 48.3 Å². The van der Waals surface area contributed by atoms with E-state index >= 15 is 0 Å². The fourth-order valence-corrected chi connectivity index (χ4v) is 7.59. The molecule has 0 unspecified atom stereocenters. The number of aryl methyl sites for hydroxylation is 2. The van der Waals surface area contributed by atoms with E-state index in [4.69, 9.17) is 0 Å². The summed E-state index contributed by atoms with van der Waals surface area (Å²) in [5, 5.41) is 8.76. The quantitative estimate of drug-likeness (QED) is 0.405. The number of piperidine rings is 3. The Bertz CT molecular complexity index is 1460. The predicted molar refractivity (Wildman–Crippen MR) is 182 cm³/mol. The molecule has 6 amide bonds. The lowest BCUT2D eigenvalue weighted by atomic mass is 9.98. The topological polar surface area (TPSA) is 117 Å². The second-order valence-corrected chi connectivity index (χ2v) is 13.7. The van der Waals surface area contributed by atoms with Crippen LogP contribution in [-0.4, -0.2) is 101 Å². The van der Waals surface area contributed by atoms with Gasteiger partial charge in [0.25, 0.3) is 0 Å². The number of hydrogen-bond acceptors (Lipinski definition) is 5. The van der Waals surface area contributed by atoms with Gasteiger partial charge in [-0.05, 0) is 94.3 Å². The number of amides is 6. The minimum Gasteiger partial charge on any atom is -0.342 e. The molecule has 0 aliphatic carbocycles. The van der Waals surface area contributed by atoms with Gasteiger partial charge in [0, 0.05) is 56.2 Å². The van der Waals surface area contributed by atoms with Crippen molar-refractivity contribution in [2.45, 2.75) is 89.9 Å². The number of para-hydroxylation sites is 1. The van der Waals surface area contributed by atoms with Crippen LogP contribution >= 0.6 is 0 Å². The second-order valence-electron chi connectivity index (χ2n) is 13.7. The van der Waals surface area contributed by atoms with Gasteiger partial charge in [-0.1, -0.05) is 36.8 Å². The summed E-state index contributed by atoms with van der Waals surface area (Å²) in [6, 6.07) is 12.6. The zero-order chi connectivity index (χ0) is 32.9. The molecule has 11 heteroatoms. The lowest BCUT2D eigenvalue weighted by Gasteiger charge is -2.41. The van der Waals surface area contributed by atoms with Crippen LogP contribution in [0.3, 0.4) is 0 Å². The first-order valence-corrected chi connectivity index (χ1v) is 17.4. The number of carbonyl (C=O) groups is 4. The van der Waals surface area contributed by atoms with Crippen molar-refractivity contribution in [2.75, 3.05) is 49.9 Å². The van der Waals surface area contributed by atoms with Crippen LogP contribution in [0.25, 0.3) is 0 Å². The molecule has 4 aliphatic heterocycles. The Labute approximate surface area is 278 Å². The van der Waals surface area contributed by atoms with Gasteiger partial charge < -0.3 is 35.6 Å². The SMILES string of the molecule is Cc1ccc(C)c(NC(=O)N[C@@H](CC(=O)N2CCC(N3Cc4ccccc4NC3=O)CC2)C(=O)N2CCC(N3CCCCC3)CC2)c1. The number of hydrogen-bond donors (Lipinski definition) is 3. The number of urea groups is 2. The number of fused-ring (bicyclic) bond motifs is 1. The molecule has 4 aliphatic rings. The largest absolute Gasteiger partial charge is 0.342 e. The Morgan fingerprint density at radius 1 is 0.851 bits per heavy atom. The summed E-state index contributed by atoms with van der Waals surface area (Å²) in [6.45, 7) is 8.91. The normalized spacial score (nSPS) is 20.3. The maximum atomic E-state index is 14.0. The van der Waals surface area contributed by atoms with Crippen LogP contribution < -0.4 is 16.0 Å². The van der Waals surface area contributed by atoms with Crippen LogP contribution in [0.1, 0.15) is 68.1 Å². The Balaban J connectivity index is 1.08. The molecule has 0 saturated carbocycles. The molecule has 4 heterocycles. The van der Waals surface area contributed by atoms with Gasteiger partial charge >= 0.3 is 12.1 Å². The maximum Gasteiger partial charge on any atom is 0.322 e. The first-order valence-electron chi connectivity index (χ1n) is 17.4. The molecule has 0 aromatic heterocycles. The lowest BCUT2D eigenvalue weighted by molar-refractivity contribution is -0.140. The van der Waals surface area contributed by atoms with Crippen LogP contribution in [0, 0.1) is 13.8 Å². The smallest absolute Gasteiger partial charge is 0.322 e. The van der Waals surface area contributed by atoms with Gasteiger partial charge in [-0.25, -0.2) is 9.59 Å². The van der Waals surface area contributed by atoms with Crippen molar-refractivity contribution in [3.05, 3.63) is 59.2 Å². The van der Waals surface area contributed by atoms with Crippen LogP contribution in [0.2, 0.25) is 0 Å². The van der Waals surface area contributed by atoms with Crippen molar-refractivity contribution in [3.63, 3.8) is 0 Å². The van der Waals surface area contributed by atoms with Crippen LogP contribution in [0.5, 0.6) is 0 Å². The molecule has 2 aromatic rings. The third-order valence-electron chi connectivity index (χ3n) is 10.4. The molecule has 1 atom stereocenters. The van der Waals surface area contributed by atoms with E-state index in [0.29, 0.717) is 57.3 Å². The van der Waals surface area contributed by atoms with Crippen molar-refractivity contribution in [2.24, 2.45) is 0 Å². The molecule has 2 aromatic carbocycles. The zero-order valence-electron chi connectivity index (χ0n) is 27.8. The highest BCUT2D eigenvalue weighted by molar-refractivity contribution is 5.96. The lowest BCUT2D eigenvalue weighted by Crippen LogP contribution is -2.56. The third-order valence-corrected chi connectivity index (χ3v) is 10.4. The highest BCUT2D eigenvalue weighted by Crippen LogP contribution is 2.28. The fourth-order valence-electron chi connectivity index (χ4n) is 7.59. The van der Waals surface area contributed by atoms with Gasteiger partial charge in [0.1, 0.15) is 6.04 Å². The molecule has 11 nitrogen and oxygen atoms in total. The number of carbonyl (C=O) groups excluding carboxylic acids is 4. The molecule has 3 saturated heterocycles. The molecule has 0 spiro atoms. The van der Waals surface area contributed by atoms with Crippen LogP contribution in [-0.2, 0) is 16.1 Å². The summed E-state index contributed by atoms with van der Waals surface area (Å²) in [6.07, 6.45) is 6.78. The van der Waals surface area contributed by atoms with Crippen molar-refractivity contribution in [3.8, 4) is 0 Å². The summed E-state index contributed by atoms with van der Waals surface area (Å²) >= 11 is 0. The van der Waals surface area contributed by atoms with E-state index in [1.807, 2.05) is 66.1 Å². The molecule has 3 fully saturated rings. The average molecular weight is 644 g/mol. The second kappa shape index (κ2) is 14.8. The van der Waals surface area contributed by atoms with E-state index in [-0.39, 0.29) is 30.3 Å². The van der Waals surface area contributed by atoms with Gasteiger partial charge in [0.15, 0.2) is 0 Å². The summed E-state index contributed by atoms with van der Waals surface area (Å²) in [4.78, 5) is 61.8. The van der Waals surface area contributed by atoms with Gasteiger partial charge in [-0.15, -0.1) is 0 Å². The number of rotatable bonds is 7. The monoisotopic (exact) mass is 643 g/mol. The molecule has 252 valence electrons. The van der Waals surface area contributed by atoms with E-state index < -0.39 is 12.1 Å². The first-order chi connectivity index (χ1) is 22.7. The minimum absolute atomic E-state index is 0.0208. The molecular formula is C36H49N7O4. The summed E-state index contributed by atoms with van der Waals surface area (Å²) in [5.41, 5.74) is 4.53. The third kappa shape index (κ3) is 7.89. The highest BCUT2D eigenvalue weighted by atomic mass is 16.2. The maximum absolute atomic E-state index is 14.0. The van der Waals surface area contributed by atoms with Gasteiger partial charge in [-0.3, -0.25) is 9.59 Å². The average Bonchev–Trinajstić information content (AvgIpc) is 3.09. The summed E-state index contributed by atoms with van der Waals surface area (Å²) in [5.74, 6) is -0.365. The summed E-state index contributed by atoms with van der Waals surface area (Å²) in [7, 11) is 0. The minimum atomic E-state index is -0.971. The molecule has 6 rings (SSSR count). The van der Waals surface area contributed by atoms with Crippen LogP contribution in [0.4, 0.5) is 21.0 Å². The zero-order valence-corrected chi connectivity index (χ0v) is 27.8. The Hall–Kier alpha value is -4.12. The number of likely N-dealkylation sites (tertiary alicyclic amines) is 3. The number of anilines is 2. The molecule has 3 N–H and O–H groups in total. The van der Waals surface area contributed by atoms with Crippen molar-refractivity contribution >= 4 is 35.3 Å². The van der Waals surface area contributed by atoms with Gasteiger partial charge in [0.05, 0.1) is 6.42 Å². The summed E-state index contributed by atoms with van der Waals surface area (Å²) < 4.78 is 0. The van der Waals surface area contributed by atoms with Crippen molar-refractivity contribution < 1.29 is 19.2 Å². The van der Waals surface area contributed by atoms with E-state index in [1.165, 1.54) is 19.3 Å². The Kier molecular flexibility index (Phi) is 10.3. The fraction of sp³-hybridized carbons (Fsp3) is 0.556. The van der Waals surface area contributed by atoms with Gasteiger partial charge in [-0.2, -0.15) is 0 Å².